The van der Waals surface area contributed by atoms with Gasteiger partial charge in [0, 0.05) is 25.3 Å². The van der Waals surface area contributed by atoms with E-state index < -0.39 is 0 Å². The molecule has 1 fully saturated rings. The smallest absolute Gasteiger partial charge is 0.255 e. The molecule has 0 bridgehead atoms. The molecule has 1 aromatic carbocycles. The standard InChI is InChI=1S/C13H17ClN2O3.ClH/c1-18-12-7-11(15)10(14)6-9(12)13(17)16-8-2-4-19-5-3-8;/h6-8H,2-5,15H2,1H3,(H,16,17);1H. The number of methoxy groups -OCH3 is 1. The summed E-state index contributed by atoms with van der Waals surface area (Å²) in [5.41, 5.74) is 6.48. The van der Waals surface area contributed by atoms with Gasteiger partial charge in [-0.25, -0.2) is 0 Å². The van der Waals surface area contributed by atoms with Gasteiger partial charge in [0.2, 0.25) is 0 Å². The molecule has 1 aliphatic heterocycles. The summed E-state index contributed by atoms with van der Waals surface area (Å²) in [5.74, 6) is 0.220. The van der Waals surface area contributed by atoms with E-state index in [1.807, 2.05) is 0 Å². The lowest BCUT2D eigenvalue weighted by atomic mass is 10.1. The third-order valence-corrected chi connectivity index (χ3v) is 3.45. The molecular weight excluding hydrogens is 303 g/mol. The number of hydrogen-bond acceptors (Lipinski definition) is 4. The number of nitrogens with two attached hydrogens (primary N) is 1. The predicted molar refractivity (Wildman–Crippen MR) is 81.0 cm³/mol. The molecule has 1 aromatic rings. The van der Waals surface area contributed by atoms with Crippen molar-refractivity contribution in [1.29, 1.82) is 0 Å². The van der Waals surface area contributed by atoms with Gasteiger partial charge < -0.3 is 20.5 Å². The van der Waals surface area contributed by atoms with Crippen molar-refractivity contribution in [2.45, 2.75) is 18.9 Å². The van der Waals surface area contributed by atoms with Gasteiger partial charge in [-0.3, -0.25) is 4.79 Å². The number of rotatable bonds is 3. The van der Waals surface area contributed by atoms with Gasteiger partial charge >= 0.3 is 0 Å². The Morgan fingerprint density at radius 3 is 2.70 bits per heavy atom. The average Bonchev–Trinajstić information content (AvgIpc) is 2.42. The summed E-state index contributed by atoms with van der Waals surface area (Å²) in [4.78, 5) is 12.2. The van der Waals surface area contributed by atoms with Crippen molar-refractivity contribution < 1.29 is 14.3 Å². The number of carbonyl (C=O) groups is 1. The Bertz CT molecular complexity index is 477. The molecule has 1 heterocycles. The third kappa shape index (κ3) is 3.91. The molecule has 5 nitrogen and oxygen atoms in total. The second-order valence-electron chi connectivity index (χ2n) is 4.43. The molecular formula is C13H18Cl2N2O3. The van der Waals surface area contributed by atoms with E-state index in [1.54, 1.807) is 6.07 Å². The first-order chi connectivity index (χ1) is 9.11. The molecule has 1 amide bonds. The summed E-state index contributed by atoms with van der Waals surface area (Å²) >= 11 is 5.95. The number of hydrogen-bond donors (Lipinski definition) is 2. The Morgan fingerprint density at radius 1 is 1.45 bits per heavy atom. The zero-order valence-electron chi connectivity index (χ0n) is 11.1. The third-order valence-electron chi connectivity index (χ3n) is 3.12. The summed E-state index contributed by atoms with van der Waals surface area (Å²) in [6, 6.07) is 3.22. The number of nitrogens with one attached hydrogen (secondary N) is 1. The maximum absolute atomic E-state index is 12.2. The Kier molecular flexibility index (Phi) is 6.39. The first kappa shape index (κ1) is 16.9. The summed E-state index contributed by atoms with van der Waals surface area (Å²) < 4.78 is 10.4. The van der Waals surface area contributed by atoms with Crippen LogP contribution in [0.1, 0.15) is 23.2 Å². The van der Waals surface area contributed by atoms with Crippen LogP contribution in [0.5, 0.6) is 5.75 Å². The van der Waals surface area contributed by atoms with Crippen molar-refractivity contribution in [2.24, 2.45) is 0 Å². The molecule has 0 saturated carbocycles. The maximum atomic E-state index is 12.2. The minimum absolute atomic E-state index is 0. The van der Waals surface area contributed by atoms with E-state index in [-0.39, 0.29) is 24.4 Å². The molecule has 20 heavy (non-hydrogen) atoms. The number of amides is 1. The highest BCUT2D eigenvalue weighted by atomic mass is 35.5. The van der Waals surface area contributed by atoms with Gasteiger partial charge in [0.05, 0.1) is 23.4 Å². The highest BCUT2D eigenvalue weighted by Crippen LogP contribution is 2.29. The molecule has 1 aliphatic rings. The van der Waals surface area contributed by atoms with Crippen molar-refractivity contribution in [2.75, 3.05) is 26.1 Å². The molecule has 0 spiro atoms. The van der Waals surface area contributed by atoms with Crippen LogP contribution in [0.25, 0.3) is 0 Å². The molecule has 0 aromatic heterocycles. The van der Waals surface area contributed by atoms with Crippen molar-refractivity contribution >= 4 is 35.6 Å². The normalized spacial score (nSPS) is 15.3. The topological polar surface area (TPSA) is 73.6 Å². The van der Waals surface area contributed by atoms with Crippen LogP contribution >= 0.6 is 24.0 Å². The van der Waals surface area contributed by atoms with Gasteiger partial charge in [0.1, 0.15) is 5.75 Å². The Labute approximate surface area is 129 Å². The fourth-order valence-corrected chi connectivity index (χ4v) is 2.18. The molecule has 0 atom stereocenters. The van der Waals surface area contributed by atoms with Crippen LogP contribution in [0.4, 0.5) is 5.69 Å². The Hall–Kier alpha value is -1.17. The van der Waals surface area contributed by atoms with Crippen LogP contribution in [0.3, 0.4) is 0 Å². The molecule has 0 unspecified atom stereocenters. The largest absolute Gasteiger partial charge is 0.496 e. The van der Waals surface area contributed by atoms with Crippen LogP contribution in [0.15, 0.2) is 12.1 Å². The van der Waals surface area contributed by atoms with Crippen molar-refractivity contribution in [3.8, 4) is 5.75 Å². The molecule has 2 rings (SSSR count). The predicted octanol–water partition coefficient (Wildman–Crippen LogP) is 2.26. The van der Waals surface area contributed by atoms with E-state index in [9.17, 15) is 4.79 Å². The van der Waals surface area contributed by atoms with E-state index in [1.165, 1.54) is 13.2 Å². The second kappa shape index (κ2) is 7.57. The lowest BCUT2D eigenvalue weighted by Gasteiger charge is -2.23. The van der Waals surface area contributed by atoms with Crippen LogP contribution in [0, 0.1) is 0 Å². The molecule has 112 valence electrons. The fourth-order valence-electron chi connectivity index (χ4n) is 2.02. The van der Waals surface area contributed by atoms with Crippen LogP contribution in [-0.2, 0) is 4.74 Å². The summed E-state index contributed by atoms with van der Waals surface area (Å²) in [6.07, 6.45) is 1.63. The lowest BCUT2D eigenvalue weighted by Crippen LogP contribution is -2.39. The van der Waals surface area contributed by atoms with E-state index in [0.717, 1.165) is 12.8 Å². The van der Waals surface area contributed by atoms with Crippen LogP contribution in [0.2, 0.25) is 5.02 Å². The minimum Gasteiger partial charge on any atom is -0.496 e. The molecule has 0 aliphatic carbocycles. The van der Waals surface area contributed by atoms with Gasteiger partial charge in [-0.2, -0.15) is 0 Å². The Morgan fingerprint density at radius 2 is 2.10 bits per heavy atom. The molecule has 1 saturated heterocycles. The second-order valence-corrected chi connectivity index (χ2v) is 4.84. The van der Waals surface area contributed by atoms with Crippen LogP contribution < -0.4 is 15.8 Å². The van der Waals surface area contributed by atoms with Gasteiger partial charge in [-0.05, 0) is 18.9 Å². The number of nitrogen functional groups attached to an aromatic ring is 1. The van der Waals surface area contributed by atoms with E-state index >= 15 is 0 Å². The lowest BCUT2D eigenvalue weighted by molar-refractivity contribution is 0.0695. The van der Waals surface area contributed by atoms with Crippen molar-refractivity contribution in [3.05, 3.63) is 22.7 Å². The first-order valence-corrected chi connectivity index (χ1v) is 6.51. The maximum Gasteiger partial charge on any atom is 0.255 e. The van der Waals surface area contributed by atoms with E-state index in [4.69, 9.17) is 26.8 Å². The first-order valence-electron chi connectivity index (χ1n) is 6.13. The fraction of sp³-hybridized carbons (Fsp3) is 0.462. The van der Waals surface area contributed by atoms with Crippen molar-refractivity contribution in [1.82, 2.24) is 5.32 Å². The number of benzene rings is 1. The highest BCUT2D eigenvalue weighted by Gasteiger charge is 2.20. The SMILES string of the molecule is COc1cc(N)c(Cl)cc1C(=O)NC1CCOCC1.Cl. The molecule has 7 heteroatoms. The zero-order chi connectivity index (χ0) is 13.8. The zero-order valence-corrected chi connectivity index (χ0v) is 12.7. The quantitative estimate of drug-likeness (QED) is 0.838. The molecule has 3 N–H and O–H groups in total. The summed E-state index contributed by atoms with van der Waals surface area (Å²) in [7, 11) is 1.49. The number of halogens is 2. The van der Waals surface area contributed by atoms with Crippen molar-refractivity contribution in [3.63, 3.8) is 0 Å². The number of anilines is 1. The number of ether oxygens (including phenoxy) is 2. The van der Waals surface area contributed by atoms with Gasteiger partial charge in [-0.1, -0.05) is 11.6 Å². The van der Waals surface area contributed by atoms with Gasteiger partial charge in [-0.15, -0.1) is 12.4 Å². The van der Waals surface area contributed by atoms with E-state index in [2.05, 4.69) is 5.32 Å². The van der Waals surface area contributed by atoms with E-state index in [0.29, 0.717) is 35.2 Å². The average molecular weight is 321 g/mol. The van der Waals surface area contributed by atoms with Gasteiger partial charge in [0.25, 0.3) is 5.91 Å². The Balaban J connectivity index is 0.00000200. The highest BCUT2D eigenvalue weighted by molar-refractivity contribution is 6.33. The summed E-state index contributed by atoms with van der Waals surface area (Å²) in [6.45, 7) is 1.34. The molecule has 0 radical (unpaired) electrons. The monoisotopic (exact) mass is 320 g/mol. The summed E-state index contributed by atoms with van der Waals surface area (Å²) in [5, 5.41) is 3.30. The minimum atomic E-state index is -0.203. The van der Waals surface area contributed by atoms with Crippen LogP contribution in [-0.4, -0.2) is 32.3 Å². The van der Waals surface area contributed by atoms with Gasteiger partial charge in [0.15, 0.2) is 0 Å². The number of carbonyl (C=O) groups excluding carboxylic acids is 1.